The Balaban J connectivity index is 2.17. The van der Waals surface area contributed by atoms with Gasteiger partial charge in [0, 0.05) is 0 Å². The molecule has 4 heteroatoms. The lowest BCUT2D eigenvalue weighted by Crippen LogP contribution is -2.45. The molecule has 0 saturated carbocycles. The molecule has 1 aliphatic heterocycles. The van der Waals surface area contributed by atoms with Crippen LogP contribution in [0.15, 0.2) is 18.2 Å². The van der Waals surface area contributed by atoms with Crippen molar-refractivity contribution < 1.29 is 9.31 Å². The highest BCUT2D eigenvalue weighted by atomic mass is 16.6. The molecule has 0 bridgehead atoms. The molecule has 0 radical (unpaired) electrons. The summed E-state index contributed by atoms with van der Waals surface area (Å²) in [7, 11) is -0.361. The molecule has 0 aromatic heterocycles. The highest BCUT2D eigenvalue weighted by Gasteiger charge is 2.33. The zero-order valence-electron chi connectivity index (χ0n) is 11.2. The van der Waals surface area contributed by atoms with Crippen molar-refractivity contribution in [2.24, 2.45) is 0 Å². The van der Waals surface area contributed by atoms with Gasteiger partial charge in [0.1, 0.15) is 11.5 Å². The van der Waals surface area contributed by atoms with Crippen LogP contribution in [0, 0.1) is 0 Å². The van der Waals surface area contributed by atoms with E-state index in [1.807, 2.05) is 6.07 Å². The molecule has 0 atom stereocenters. The summed E-state index contributed by atoms with van der Waals surface area (Å²) >= 11 is 0. The Morgan fingerprint density at radius 1 is 1.12 bits per heavy atom. The summed E-state index contributed by atoms with van der Waals surface area (Å²) in [5.41, 5.74) is 1.38. The topological polar surface area (TPSA) is 30.5 Å². The Labute approximate surface area is 104 Å². The highest BCUT2D eigenvalue weighted by molar-refractivity contribution is 6.44. The van der Waals surface area contributed by atoms with E-state index >= 15 is 0 Å². The predicted octanol–water partition coefficient (Wildman–Crippen LogP) is 2.74. The summed E-state index contributed by atoms with van der Waals surface area (Å²) in [4.78, 5) is 0. The summed E-state index contributed by atoms with van der Waals surface area (Å²) in [6, 6.07) is 6.48. The van der Waals surface area contributed by atoms with Gasteiger partial charge in [0.15, 0.2) is 0 Å². The third-order valence-corrected chi connectivity index (χ3v) is 2.75. The van der Waals surface area contributed by atoms with E-state index < -0.39 is 0 Å². The number of fused-ring (bicyclic) bond motifs is 1. The second-order valence-electron chi connectivity index (χ2n) is 5.80. The molecule has 17 heavy (non-hydrogen) atoms. The van der Waals surface area contributed by atoms with Gasteiger partial charge < -0.3 is 9.31 Å². The van der Waals surface area contributed by atoms with E-state index in [1.165, 1.54) is 5.56 Å². The fraction of sp³-hybridized carbons (Fsp3) is 0.538. The number of benzene rings is 1. The van der Waals surface area contributed by atoms with Crippen molar-refractivity contribution in [1.82, 2.24) is 5.23 Å². The van der Waals surface area contributed by atoms with Gasteiger partial charge in [0.25, 0.3) is 0 Å². The number of hydrogen-bond donors (Lipinski definition) is 1. The average molecular weight is 233 g/mol. The molecule has 1 N–H and O–H groups in total. The predicted molar refractivity (Wildman–Crippen MR) is 70.4 cm³/mol. The first kappa shape index (κ1) is 12.3. The fourth-order valence-corrected chi connectivity index (χ4v) is 1.76. The SMILES string of the molecule is CC(C)NB1Oc2ccc(C(C)(C)C)cc2O1. The van der Waals surface area contributed by atoms with Crippen LogP contribution in [0.3, 0.4) is 0 Å². The minimum atomic E-state index is -0.361. The van der Waals surface area contributed by atoms with Gasteiger partial charge in [0.05, 0.1) is 0 Å². The van der Waals surface area contributed by atoms with E-state index in [0.717, 1.165) is 11.5 Å². The van der Waals surface area contributed by atoms with E-state index in [4.69, 9.17) is 9.31 Å². The van der Waals surface area contributed by atoms with Crippen molar-refractivity contribution in [3.05, 3.63) is 23.8 Å². The Bertz CT molecular complexity index is 412. The first-order chi connectivity index (χ1) is 7.86. The van der Waals surface area contributed by atoms with Crippen LogP contribution in [0.5, 0.6) is 11.5 Å². The van der Waals surface area contributed by atoms with Gasteiger partial charge in [-0.25, -0.2) is 0 Å². The lowest BCUT2D eigenvalue weighted by Gasteiger charge is -2.19. The van der Waals surface area contributed by atoms with Crippen molar-refractivity contribution in [1.29, 1.82) is 0 Å². The molecule has 3 nitrogen and oxygen atoms in total. The average Bonchev–Trinajstić information content (AvgIpc) is 2.55. The molecular formula is C13H20BNO2. The van der Waals surface area contributed by atoms with Crippen molar-refractivity contribution in [2.75, 3.05) is 0 Å². The van der Waals surface area contributed by atoms with Crippen molar-refractivity contribution in [2.45, 2.75) is 46.1 Å². The Kier molecular flexibility index (Phi) is 3.08. The lowest BCUT2D eigenvalue weighted by atomic mass is 9.87. The monoisotopic (exact) mass is 233 g/mol. The summed E-state index contributed by atoms with van der Waals surface area (Å²) < 4.78 is 11.4. The molecule has 0 spiro atoms. The minimum absolute atomic E-state index is 0.127. The molecule has 1 heterocycles. The zero-order valence-corrected chi connectivity index (χ0v) is 11.2. The van der Waals surface area contributed by atoms with Crippen LogP contribution >= 0.6 is 0 Å². The lowest BCUT2D eigenvalue weighted by molar-refractivity contribution is 0.459. The standard InChI is InChI=1S/C13H20BNO2/c1-9(2)15-14-16-11-7-6-10(13(3,4)5)8-12(11)17-14/h6-9,15H,1-5H3. The molecule has 0 unspecified atom stereocenters. The summed E-state index contributed by atoms with van der Waals surface area (Å²) in [6.07, 6.45) is 0. The van der Waals surface area contributed by atoms with Gasteiger partial charge in [-0.3, -0.25) is 5.23 Å². The molecule has 1 aromatic rings. The molecule has 0 fully saturated rings. The molecule has 0 aliphatic carbocycles. The van der Waals surface area contributed by atoms with Crippen LogP contribution in [0.1, 0.15) is 40.2 Å². The van der Waals surface area contributed by atoms with Gasteiger partial charge in [-0.05, 0) is 29.2 Å². The number of rotatable bonds is 2. The van der Waals surface area contributed by atoms with Gasteiger partial charge >= 0.3 is 7.25 Å². The maximum Gasteiger partial charge on any atom is 0.698 e. The quantitative estimate of drug-likeness (QED) is 0.796. The molecule has 1 aromatic carbocycles. The smallest absolute Gasteiger partial charge is 0.509 e. The van der Waals surface area contributed by atoms with Gasteiger partial charge in [0.2, 0.25) is 0 Å². The Morgan fingerprint density at radius 2 is 1.76 bits per heavy atom. The van der Waals surface area contributed by atoms with Crippen LogP contribution in [0.2, 0.25) is 0 Å². The molecule has 0 amide bonds. The van der Waals surface area contributed by atoms with Crippen molar-refractivity contribution in [3.8, 4) is 11.5 Å². The maximum absolute atomic E-state index is 5.72. The second-order valence-corrected chi connectivity index (χ2v) is 5.80. The largest absolute Gasteiger partial charge is 0.698 e. The zero-order chi connectivity index (χ0) is 12.6. The van der Waals surface area contributed by atoms with E-state index in [1.54, 1.807) is 0 Å². The summed E-state index contributed by atoms with van der Waals surface area (Å²) in [6.45, 7) is 10.7. The van der Waals surface area contributed by atoms with Crippen LogP contribution in [-0.4, -0.2) is 13.3 Å². The molecule has 2 rings (SSSR count). The van der Waals surface area contributed by atoms with Crippen molar-refractivity contribution in [3.63, 3.8) is 0 Å². The molecule has 0 saturated heterocycles. The first-order valence-corrected chi connectivity index (χ1v) is 6.10. The van der Waals surface area contributed by atoms with Crippen molar-refractivity contribution >= 4 is 7.25 Å². The van der Waals surface area contributed by atoms with Crippen LogP contribution < -0.4 is 14.5 Å². The third kappa shape index (κ3) is 2.75. The third-order valence-electron chi connectivity index (χ3n) is 2.75. The fourth-order valence-electron chi connectivity index (χ4n) is 1.76. The highest BCUT2D eigenvalue weighted by Crippen LogP contribution is 2.36. The minimum Gasteiger partial charge on any atom is -0.509 e. The van der Waals surface area contributed by atoms with Crippen LogP contribution in [-0.2, 0) is 5.41 Å². The van der Waals surface area contributed by atoms with E-state index in [9.17, 15) is 0 Å². The molecular weight excluding hydrogens is 213 g/mol. The van der Waals surface area contributed by atoms with E-state index in [0.29, 0.717) is 6.04 Å². The first-order valence-electron chi connectivity index (χ1n) is 6.10. The van der Waals surface area contributed by atoms with Gasteiger partial charge in [-0.15, -0.1) is 0 Å². The molecule has 1 aliphatic rings. The van der Waals surface area contributed by atoms with Crippen LogP contribution in [0.25, 0.3) is 0 Å². The number of hydrogen-bond acceptors (Lipinski definition) is 3. The Hall–Kier alpha value is -1.16. The normalized spacial score (nSPS) is 14.6. The Morgan fingerprint density at radius 3 is 2.35 bits per heavy atom. The molecule has 92 valence electrons. The van der Waals surface area contributed by atoms with Crippen LogP contribution in [0.4, 0.5) is 0 Å². The van der Waals surface area contributed by atoms with E-state index in [-0.39, 0.29) is 12.7 Å². The maximum atomic E-state index is 5.72. The van der Waals surface area contributed by atoms with E-state index in [2.05, 4.69) is 52.0 Å². The second kappa shape index (κ2) is 4.26. The summed E-state index contributed by atoms with van der Waals surface area (Å²) in [5.74, 6) is 1.65. The summed E-state index contributed by atoms with van der Waals surface area (Å²) in [5, 5.41) is 3.20. The number of nitrogens with one attached hydrogen (secondary N) is 1. The van der Waals surface area contributed by atoms with Gasteiger partial charge in [-0.2, -0.15) is 0 Å². The van der Waals surface area contributed by atoms with Gasteiger partial charge in [-0.1, -0.05) is 40.7 Å².